The van der Waals surface area contributed by atoms with Crippen LogP contribution in [-0.4, -0.2) is 12.0 Å². The van der Waals surface area contributed by atoms with E-state index in [0.29, 0.717) is 11.4 Å². The van der Waals surface area contributed by atoms with E-state index >= 15 is 0 Å². The third-order valence-electron chi connectivity index (χ3n) is 11.7. The molecule has 0 spiro atoms. The van der Waals surface area contributed by atoms with Crippen LogP contribution in [0.5, 0.6) is 0 Å². The number of rotatable bonds is 6. The van der Waals surface area contributed by atoms with Crippen LogP contribution in [0, 0.1) is 16.7 Å². The van der Waals surface area contributed by atoms with Gasteiger partial charge >= 0.3 is 0 Å². The molecule has 0 bridgehead atoms. The van der Waals surface area contributed by atoms with Crippen molar-refractivity contribution in [2.45, 2.75) is 25.4 Å². The second kappa shape index (κ2) is 13.4. The Bertz CT molecular complexity index is 3000. The van der Waals surface area contributed by atoms with E-state index in [9.17, 15) is 5.26 Å². The van der Waals surface area contributed by atoms with Crippen LogP contribution in [0.25, 0.3) is 72.0 Å². The number of allylic oxidation sites excluding steroid dienone is 2. The van der Waals surface area contributed by atoms with Gasteiger partial charge in [-0.2, -0.15) is 5.26 Å². The predicted octanol–water partition coefficient (Wildman–Crippen LogP) is 12.2. The molecule has 0 saturated carbocycles. The first-order valence-electron chi connectivity index (χ1n) is 19.3. The van der Waals surface area contributed by atoms with Gasteiger partial charge in [-0.15, -0.1) is 0 Å². The summed E-state index contributed by atoms with van der Waals surface area (Å²) in [4.78, 5) is 0. The van der Waals surface area contributed by atoms with Gasteiger partial charge in [0.1, 0.15) is 23.2 Å². The average molecular weight is 735 g/mol. The van der Waals surface area contributed by atoms with Crippen molar-refractivity contribution < 1.29 is 4.42 Å². The molecule has 0 radical (unpaired) electrons. The highest BCUT2D eigenvalue weighted by molar-refractivity contribution is 6.10. The summed E-state index contributed by atoms with van der Waals surface area (Å²) < 4.78 is 6.60. The van der Waals surface area contributed by atoms with Crippen LogP contribution < -0.4 is 10.6 Å². The van der Waals surface area contributed by atoms with Gasteiger partial charge in [-0.1, -0.05) is 141 Å². The monoisotopic (exact) mass is 734 g/mol. The van der Waals surface area contributed by atoms with Gasteiger partial charge in [-0.3, -0.25) is 5.41 Å². The van der Waals surface area contributed by atoms with Gasteiger partial charge in [0.15, 0.2) is 0 Å². The van der Waals surface area contributed by atoms with E-state index in [4.69, 9.17) is 9.83 Å². The molecule has 8 aromatic rings. The molecule has 1 unspecified atom stereocenters. The van der Waals surface area contributed by atoms with Gasteiger partial charge in [-0.25, -0.2) is 0 Å². The summed E-state index contributed by atoms with van der Waals surface area (Å²) in [5.41, 5.74) is 16.8. The minimum atomic E-state index is -0.221. The highest BCUT2D eigenvalue weighted by atomic mass is 16.3. The Labute approximate surface area is 331 Å². The van der Waals surface area contributed by atoms with Gasteiger partial charge in [0.05, 0.1) is 11.6 Å². The molecule has 1 atom stereocenters. The van der Waals surface area contributed by atoms with Crippen LogP contribution in [0.15, 0.2) is 174 Å². The average Bonchev–Trinajstić information content (AvgIpc) is 3.75. The van der Waals surface area contributed by atoms with Crippen LogP contribution in [0.2, 0.25) is 0 Å². The Balaban J connectivity index is 0.890. The Hall–Kier alpha value is -7.42. The Morgan fingerprint density at radius 2 is 1.32 bits per heavy atom. The molecule has 57 heavy (non-hydrogen) atoms. The zero-order valence-electron chi connectivity index (χ0n) is 31.6. The molecule has 0 saturated heterocycles. The number of para-hydroxylation sites is 1. The second-order valence-corrected chi connectivity index (χ2v) is 15.4. The zero-order valence-corrected chi connectivity index (χ0v) is 31.6. The lowest BCUT2D eigenvalue weighted by atomic mass is 9.81. The highest BCUT2D eigenvalue weighted by Crippen LogP contribution is 2.50. The minimum Gasteiger partial charge on any atom is -0.455 e. The lowest BCUT2D eigenvalue weighted by Gasteiger charge is -2.26. The molecule has 1 aliphatic heterocycles. The summed E-state index contributed by atoms with van der Waals surface area (Å²) in [7, 11) is 0. The summed E-state index contributed by atoms with van der Waals surface area (Å²) in [5.74, 6) is 0.360. The molecule has 1 aromatic heterocycles. The second-order valence-electron chi connectivity index (χ2n) is 15.4. The van der Waals surface area contributed by atoms with Crippen LogP contribution in [-0.2, 0) is 5.41 Å². The van der Waals surface area contributed by atoms with Gasteiger partial charge in [-0.05, 0) is 98.2 Å². The highest BCUT2D eigenvalue weighted by Gasteiger charge is 2.36. The number of amidine groups is 1. The number of hydrogen-bond acceptors (Lipinski definition) is 4. The van der Waals surface area contributed by atoms with Crippen molar-refractivity contribution in [2.75, 3.05) is 0 Å². The van der Waals surface area contributed by atoms with E-state index < -0.39 is 0 Å². The van der Waals surface area contributed by atoms with E-state index in [2.05, 4.69) is 146 Å². The number of furan rings is 1. The molecule has 10 rings (SSSR count). The first-order chi connectivity index (χ1) is 27.9. The fraction of sp³-hybridized carbons (Fsp3) is 0.0769. The number of hydrogen-bond donors (Lipinski definition) is 3. The van der Waals surface area contributed by atoms with Crippen LogP contribution in [0.4, 0.5) is 0 Å². The molecule has 7 aromatic carbocycles. The van der Waals surface area contributed by atoms with Crippen molar-refractivity contribution >= 4 is 33.3 Å². The maximum atomic E-state index is 9.56. The lowest BCUT2D eigenvalue weighted by Crippen LogP contribution is -2.44. The third-order valence-corrected chi connectivity index (χ3v) is 11.7. The van der Waals surface area contributed by atoms with E-state index in [1.807, 2.05) is 54.7 Å². The van der Waals surface area contributed by atoms with E-state index in [1.165, 1.54) is 22.3 Å². The largest absolute Gasteiger partial charge is 0.455 e. The van der Waals surface area contributed by atoms with Crippen molar-refractivity contribution in [1.29, 1.82) is 10.7 Å². The first-order valence-corrected chi connectivity index (χ1v) is 19.3. The topological polar surface area (TPSA) is 84.8 Å². The quantitative estimate of drug-likeness (QED) is 0.117. The molecule has 2 aliphatic rings. The summed E-state index contributed by atoms with van der Waals surface area (Å²) in [6.07, 6.45) is 5.78. The van der Waals surface area contributed by atoms with Crippen LogP contribution in [0.1, 0.15) is 41.7 Å². The van der Waals surface area contributed by atoms with Gasteiger partial charge in [0.25, 0.3) is 0 Å². The number of benzene rings is 7. The summed E-state index contributed by atoms with van der Waals surface area (Å²) >= 11 is 0. The van der Waals surface area contributed by atoms with Crippen molar-refractivity contribution in [2.24, 2.45) is 0 Å². The van der Waals surface area contributed by atoms with Crippen LogP contribution in [0.3, 0.4) is 0 Å². The smallest absolute Gasteiger partial charge is 0.143 e. The normalized spacial score (nSPS) is 15.0. The maximum Gasteiger partial charge on any atom is 0.143 e. The number of nitrogens with one attached hydrogen (secondary N) is 3. The fourth-order valence-corrected chi connectivity index (χ4v) is 8.59. The number of nitriles is 1. The van der Waals surface area contributed by atoms with E-state index in [-0.39, 0.29) is 11.6 Å². The molecule has 272 valence electrons. The summed E-state index contributed by atoms with van der Waals surface area (Å²) in [6, 6.07) is 55.0. The van der Waals surface area contributed by atoms with Gasteiger partial charge in [0, 0.05) is 32.9 Å². The molecule has 0 fully saturated rings. The molecular weight excluding hydrogens is 697 g/mol. The number of dihydropyridines is 1. The molecule has 0 amide bonds. The molecule has 3 N–H and O–H groups in total. The van der Waals surface area contributed by atoms with Crippen LogP contribution >= 0.6 is 0 Å². The zero-order chi connectivity index (χ0) is 38.7. The maximum absolute atomic E-state index is 9.56. The first kappa shape index (κ1) is 34.1. The molecule has 5 nitrogen and oxygen atoms in total. The predicted molar refractivity (Wildman–Crippen MR) is 233 cm³/mol. The van der Waals surface area contributed by atoms with Crippen molar-refractivity contribution in [3.63, 3.8) is 0 Å². The van der Waals surface area contributed by atoms with Gasteiger partial charge < -0.3 is 15.1 Å². The molecule has 5 heteroatoms. The summed E-state index contributed by atoms with van der Waals surface area (Å²) in [6.45, 7) is 4.49. The Kier molecular flexibility index (Phi) is 8.02. The SMILES string of the molecule is CC1(C)c2cc(C#N)ccc2-c2ccc(-c3cccc4c3oc3ccc(-c5ccc(-c6ccc(C(=N)NC7NC=CC=C7c7ccccc7)cc6)cc5)cc34)cc21. The molecule has 1 aliphatic carbocycles. The molecular formula is C52H38N4O. The van der Waals surface area contributed by atoms with Crippen molar-refractivity contribution in [1.82, 2.24) is 10.6 Å². The Morgan fingerprint density at radius 1 is 0.649 bits per heavy atom. The fourth-order valence-electron chi connectivity index (χ4n) is 8.59. The van der Waals surface area contributed by atoms with E-state index in [0.717, 1.165) is 72.0 Å². The number of nitrogens with zero attached hydrogens (tertiary/aromatic N) is 1. The third kappa shape index (κ3) is 5.82. The minimum absolute atomic E-state index is 0.198. The van der Waals surface area contributed by atoms with Gasteiger partial charge in [0.2, 0.25) is 0 Å². The standard InChI is InChI=1S/C52H38N4O/c1-52(2)46-28-32(31-53)13-24-42(46)43-25-22-39(30-47(43)52)40-10-6-11-44-45-29-38(23-26-48(45)57-49(40)44)35-16-14-33(15-17-35)34-18-20-37(21-19-34)50(54)56-51-41(12-7-27-55-51)36-8-4-3-5-9-36/h3-30,51,55H,1-2H3,(H2,54,56). The van der Waals surface area contributed by atoms with Crippen molar-refractivity contribution in [3.8, 4) is 50.6 Å². The molecule has 2 heterocycles. The number of fused-ring (bicyclic) bond motifs is 6. The Morgan fingerprint density at radius 3 is 2.07 bits per heavy atom. The van der Waals surface area contributed by atoms with E-state index in [1.54, 1.807) is 0 Å². The van der Waals surface area contributed by atoms with Crippen molar-refractivity contribution in [3.05, 3.63) is 198 Å². The summed E-state index contributed by atoms with van der Waals surface area (Å²) in [5, 5.41) is 27.3. The lowest BCUT2D eigenvalue weighted by molar-refractivity contribution is 0.660.